The van der Waals surface area contributed by atoms with Gasteiger partial charge in [-0.05, 0) is 37.3 Å². The summed E-state index contributed by atoms with van der Waals surface area (Å²) in [4.78, 5) is 12.7. The van der Waals surface area contributed by atoms with Crippen LogP contribution in [0.25, 0.3) is 10.8 Å². The summed E-state index contributed by atoms with van der Waals surface area (Å²) in [5, 5.41) is 10.5. The summed E-state index contributed by atoms with van der Waals surface area (Å²) in [6, 6.07) is 9.46. The molecule has 0 amide bonds. The van der Waals surface area contributed by atoms with Gasteiger partial charge in [0, 0.05) is 17.8 Å². The highest BCUT2D eigenvalue weighted by molar-refractivity contribution is 5.87. The van der Waals surface area contributed by atoms with Gasteiger partial charge in [0.05, 0.1) is 17.0 Å². The fourth-order valence-corrected chi connectivity index (χ4v) is 2.55. The van der Waals surface area contributed by atoms with E-state index in [1.165, 1.54) is 0 Å². The van der Waals surface area contributed by atoms with Crippen LogP contribution in [-0.4, -0.2) is 4.57 Å². The van der Waals surface area contributed by atoms with E-state index < -0.39 is 0 Å². The molecule has 1 aromatic heterocycles. The Bertz CT molecular complexity index is 748. The Morgan fingerprint density at radius 3 is 2.79 bits per heavy atom. The summed E-state index contributed by atoms with van der Waals surface area (Å²) >= 11 is 0. The highest BCUT2D eigenvalue weighted by atomic mass is 16.1. The molecule has 1 atom stereocenters. The third-order valence-corrected chi connectivity index (χ3v) is 3.61. The summed E-state index contributed by atoms with van der Waals surface area (Å²) in [6.45, 7) is 1.88. The van der Waals surface area contributed by atoms with Crippen molar-refractivity contribution in [1.29, 1.82) is 5.26 Å². The third kappa shape index (κ3) is 1.83. The molecule has 1 aliphatic carbocycles. The average molecular weight is 253 g/mol. The Morgan fingerprint density at radius 1 is 1.47 bits per heavy atom. The number of fused-ring (bicyclic) bond motifs is 1. The monoisotopic (exact) mass is 253 g/mol. The van der Waals surface area contributed by atoms with Crippen molar-refractivity contribution in [3.05, 3.63) is 45.9 Å². The van der Waals surface area contributed by atoms with Gasteiger partial charge in [0.1, 0.15) is 0 Å². The number of nitrogens with two attached hydrogens (primary N) is 1. The predicted molar refractivity (Wildman–Crippen MR) is 73.8 cm³/mol. The maximum Gasteiger partial charge on any atom is 0.260 e. The van der Waals surface area contributed by atoms with Crippen molar-refractivity contribution < 1.29 is 0 Å². The number of rotatable bonds is 2. The first-order valence-electron chi connectivity index (χ1n) is 6.47. The third-order valence-electron chi connectivity index (χ3n) is 3.61. The molecular weight excluding hydrogens is 238 g/mol. The van der Waals surface area contributed by atoms with Gasteiger partial charge in [0.2, 0.25) is 0 Å². The van der Waals surface area contributed by atoms with Gasteiger partial charge in [-0.25, -0.2) is 0 Å². The smallest absolute Gasteiger partial charge is 0.260 e. The lowest BCUT2D eigenvalue weighted by Gasteiger charge is -2.16. The van der Waals surface area contributed by atoms with Crippen LogP contribution < -0.4 is 11.3 Å². The summed E-state index contributed by atoms with van der Waals surface area (Å²) in [7, 11) is 0. The fraction of sp³-hybridized carbons (Fsp3) is 0.333. The molecule has 1 saturated carbocycles. The topological polar surface area (TPSA) is 71.8 Å². The second-order valence-electron chi connectivity index (χ2n) is 5.15. The maximum atomic E-state index is 12.7. The molecule has 0 radical (unpaired) electrons. The summed E-state index contributed by atoms with van der Waals surface area (Å²) in [6.07, 6.45) is 2.03. The molecule has 1 aliphatic rings. The Balaban J connectivity index is 2.44. The molecule has 1 aromatic carbocycles. The average Bonchev–Trinajstić information content (AvgIpc) is 3.21. The molecule has 2 aromatic rings. The van der Waals surface area contributed by atoms with Crippen molar-refractivity contribution in [1.82, 2.24) is 4.57 Å². The SMILES string of the molecule is C[C@H](N)c1cc2cccc(C#N)c2c(=O)n1C1CC1. The number of aromatic nitrogens is 1. The van der Waals surface area contributed by atoms with Crippen LogP contribution in [0.3, 0.4) is 0 Å². The van der Waals surface area contributed by atoms with Crippen molar-refractivity contribution in [2.75, 3.05) is 0 Å². The van der Waals surface area contributed by atoms with Gasteiger partial charge in [0.25, 0.3) is 5.56 Å². The first-order valence-corrected chi connectivity index (χ1v) is 6.47. The number of pyridine rings is 1. The van der Waals surface area contributed by atoms with E-state index in [1.54, 1.807) is 16.7 Å². The van der Waals surface area contributed by atoms with Gasteiger partial charge < -0.3 is 10.3 Å². The molecule has 1 fully saturated rings. The second-order valence-corrected chi connectivity index (χ2v) is 5.15. The number of benzene rings is 1. The van der Waals surface area contributed by atoms with Gasteiger partial charge in [-0.2, -0.15) is 5.26 Å². The van der Waals surface area contributed by atoms with Crippen molar-refractivity contribution in [2.45, 2.75) is 31.8 Å². The number of nitriles is 1. The molecule has 0 bridgehead atoms. The van der Waals surface area contributed by atoms with Crippen LogP contribution in [0.15, 0.2) is 29.1 Å². The lowest BCUT2D eigenvalue weighted by Crippen LogP contribution is -2.26. The Morgan fingerprint density at radius 2 is 2.21 bits per heavy atom. The van der Waals surface area contributed by atoms with E-state index in [4.69, 9.17) is 11.0 Å². The van der Waals surface area contributed by atoms with Crippen molar-refractivity contribution in [2.24, 2.45) is 5.73 Å². The highest BCUT2D eigenvalue weighted by Gasteiger charge is 2.28. The predicted octanol–water partition coefficient (Wildman–Crippen LogP) is 2.23. The maximum absolute atomic E-state index is 12.7. The van der Waals surface area contributed by atoms with Gasteiger partial charge in [-0.1, -0.05) is 12.1 Å². The highest BCUT2D eigenvalue weighted by Crippen LogP contribution is 2.36. The molecule has 3 rings (SSSR count). The molecule has 2 N–H and O–H groups in total. The van der Waals surface area contributed by atoms with Gasteiger partial charge in [0.15, 0.2) is 0 Å². The van der Waals surface area contributed by atoms with Gasteiger partial charge >= 0.3 is 0 Å². The van der Waals surface area contributed by atoms with Crippen LogP contribution in [0.4, 0.5) is 0 Å². The molecule has 19 heavy (non-hydrogen) atoms. The van der Waals surface area contributed by atoms with Crippen molar-refractivity contribution >= 4 is 10.8 Å². The fourth-order valence-electron chi connectivity index (χ4n) is 2.55. The van der Waals surface area contributed by atoms with Crippen LogP contribution in [-0.2, 0) is 0 Å². The number of hydrogen-bond donors (Lipinski definition) is 1. The second kappa shape index (κ2) is 4.22. The molecule has 4 nitrogen and oxygen atoms in total. The molecule has 1 heterocycles. The Kier molecular flexibility index (Phi) is 2.65. The van der Waals surface area contributed by atoms with Gasteiger partial charge in [-0.3, -0.25) is 4.79 Å². The van der Waals surface area contributed by atoms with E-state index in [0.717, 1.165) is 23.9 Å². The Hall–Kier alpha value is -2.12. The van der Waals surface area contributed by atoms with Crippen LogP contribution in [0.2, 0.25) is 0 Å². The largest absolute Gasteiger partial charge is 0.323 e. The normalized spacial score (nSPS) is 16.3. The minimum Gasteiger partial charge on any atom is -0.323 e. The first-order chi connectivity index (χ1) is 9.13. The molecular formula is C15H15N3O. The van der Waals surface area contributed by atoms with Crippen LogP contribution in [0.1, 0.15) is 43.1 Å². The lowest BCUT2D eigenvalue weighted by atomic mass is 10.0. The summed E-state index contributed by atoms with van der Waals surface area (Å²) in [5.41, 5.74) is 7.20. The molecule has 96 valence electrons. The van der Waals surface area contributed by atoms with E-state index in [-0.39, 0.29) is 17.6 Å². The molecule has 0 saturated heterocycles. The lowest BCUT2D eigenvalue weighted by molar-refractivity contribution is 0.620. The van der Waals surface area contributed by atoms with Gasteiger partial charge in [-0.15, -0.1) is 0 Å². The summed E-state index contributed by atoms with van der Waals surface area (Å²) in [5.74, 6) is 0. The van der Waals surface area contributed by atoms with E-state index >= 15 is 0 Å². The molecule has 0 aliphatic heterocycles. The molecule has 0 unspecified atom stereocenters. The van der Waals surface area contributed by atoms with Crippen molar-refractivity contribution in [3.8, 4) is 6.07 Å². The zero-order valence-electron chi connectivity index (χ0n) is 10.8. The zero-order valence-corrected chi connectivity index (χ0v) is 10.8. The van der Waals surface area contributed by atoms with Crippen LogP contribution in [0, 0.1) is 11.3 Å². The minimum atomic E-state index is -0.191. The minimum absolute atomic E-state index is 0.0792. The van der Waals surface area contributed by atoms with Crippen LogP contribution >= 0.6 is 0 Å². The van der Waals surface area contributed by atoms with Crippen LogP contribution in [0.5, 0.6) is 0 Å². The van der Waals surface area contributed by atoms with E-state index in [1.807, 2.05) is 19.1 Å². The summed E-state index contributed by atoms with van der Waals surface area (Å²) < 4.78 is 1.79. The Labute approximate surface area is 111 Å². The standard InChI is InChI=1S/C15H15N3O/c1-9(17)13-7-10-3-2-4-11(8-16)14(10)15(19)18(13)12-5-6-12/h2-4,7,9,12H,5-6,17H2,1H3/t9-/m0/s1. The van der Waals surface area contributed by atoms with E-state index in [0.29, 0.717) is 10.9 Å². The zero-order chi connectivity index (χ0) is 13.6. The molecule has 0 spiro atoms. The van der Waals surface area contributed by atoms with E-state index in [2.05, 4.69) is 6.07 Å². The number of nitrogens with zero attached hydrogens (tertiary/aromatic N) is 2. The van der Waals surface area contributed by atoms with E-state index in [9.17, 15) is 4.79 Å². The van der Waals surface area contributed by atoms with Crippen molar-refractivity contribution in [3.63, 3.8) is 0 Å². The quantitative estimate of drug-likeness (QED) is 0.892. The first kappa shape index (κ1) is 11.9. The molecule has 4 heteroatoms. The number of hydrogen-bond acceptors (Lipinski definition) is 3.